The first-order chi connectivity index (χ1) is 15.5. The highest BCUT2D eigenvalue weighted by Crippen LogP contribution is 2.28. The lowest BCUT2D eigenvalue weighted by molar-refractivity contribution is -0.123. The molecule has 0 radical (unpaired) electrons. The van der Waals surface area contributed by atoms with Crippen LogP contribution in [0, 0.1) is 0 Å². The number of halogens is 1. The predicted octanol–water partition coefficient (Wildman–Crippen LogP) is 3.97. The maximum atomic E-state index is 13.1. The average molecular weight is 456 g/mol. The molecule has 7 heteroatoms. The second kappa shape index (κ2) is 10.5. The minimum absolute atomic E-state index is 0.124. The Labute approximate surface area is 194 Å². The molecule has 6 nitrogen and oxygen atoms in total. The molecule has 0 saturated carbocycles. The normalized spacial score (nSPS) is 20.2. The number of hydrogen-bond acceptors (Lipinski definition) is 5. The second-order valence-corrected chi connectivity index (χ2v) is 8.86. The van der Waals surface area contributed by atoms with Gasteiger partial charge in [0.1, 0.15) is 5.75 Å². The van der Waals surface area contributed by atoms with Crippen LogP contribution in [0.25, 0.3) is 0 Å². The highest BCUT2D eigenvalue weighted by molar-refractivity contribution is 6.30. The molecule has 2 saturated heterocycles. The van der Waals surface area contributed by atoms with Crippen LogP contribution in [0.5, 0.6) is 5.75 Å². The van der Waals surface area contributed by atoms with E-state index in [-0.39, 0.29) is 24.3 Å². The number of hydrogen-bond donors (Lipinski definition) is 0. The Balaban J connectivity index is 1.32. The van der Waals surface area contributed by atoms with Crippen molar-refractivity contribution in [3.8, 4) is 5.75 Å². The van der Waals surface area contributed by atoms with Crippen molar-refractivity contribution in [2.24, 2.45) is 0 Å². The number of carbonyl (C=O) groups is 2. The zero-order valence-corrected chi connectivity index (χ0v) is 19.3. The summed E-state index contributed by atoms with van der Waals surface area (Å²) in [7, 11) is 0. The summed E-state index contributed by atoms with van der Waals surface area (Å²) >= 11 is 5.97. The molecule has 32 heavy (non-hydrogen) atoms. The van der Waals surface area contributed by atoms with Gasteiger partial charge in [-0.15, -0.1) is 0 Å². The minimum atomic E-state index is -0.374. The highest BCUT2D eigenvalue weighted by Gasteiger charge is 2.43. The van der Waals surface area contributed by atoms with Crippen molar-refractivity contribution in [2.45, 2.75) is 38.8 Å². The van der Waals surface area contributed by atoms with Gasteiger partial charge in [-0.2, -0.15) is 0 Å². The molecule has 0 aliphatic carbocycles. The number of nitrogens with zero attached hydrogens (tertiary/aromatic N) is 3. The molecule has 0 unspecified atom stereocenters. The number of anilines is 1. The van der Waals surface area contributed by atoms with Gasteiger partial charge in [0, 0.05) is 37.7 Å². The van der Waals surface area contributed by atoms with Gasteiger partial charge in [-0.25, -0.2) is 4.90 Å². The molecule has 2 amide bonds. The van der Waals surface area contributed by atoms with Gasteiger partial charge in [-0.1, -0.05) is 37.1 Å². The molecule has 0 bridgehead atoms. The van der Waals surface area contributed by atoms with E-state index >= 15 is 0 Å². The fraction of sp³-hybridized carbons (Fsp3) is 0.440. The Bertz CT molecular complexity index is 924. The lowest BCUT2D eigenvalue weighted by Crippen LogP contribution is -2.52. The largest absolute Gasteiger partial charge is 0.494 e. The van der Waals surface area contributed by atoms with Crippen LogP contribution in [0.2, 0.25) is 5.02 Å². The van der Waals surface area contributed by atoms with E-state index in [0.717, 1.165) is 56.3 Å². The van der Waals surface area contributed by atoms with Crippen LogP contribution in [0.15, 0.2) is 48.5 Å². The summed E-state index contributed by atoms with van der Waals surface area (Å²) in [6, 6.07) is 14.8. The number of imide groups is 1. The number of piperazine rings is 1. The number of benzene rings is 2. The van der Waals surface area contributed by atoms with Crippen molar-refractivity contribution in [1.82, 2.24) is 9.80 Å². The quantitative estimate of drug-likeness (QED) is 0.445. The summed E-state index contributed by atoms with van der Waals surface area (Å²) in [5, 5.41) is 0.742. The first-order valence-corrected chi connectivity index (χ1v) is 11.7. The lowest BCUT2D eigenvalue weighted by atomic mass is 10.1. The summed E-state index contributed by atoms with van der Waals surface area (Å²) in [6.45, 7) is 6.93. The molecule has 0 aromatic heterocycles. The zero-order valence-electron chi connectivity index (χ0n) is 18.5. The van der Waals surface area contributed by atoms with Gasteiger partial charge in [-0.05, 0) is 48.4 Å². The molecule has 2 heterocycles. The van der Waals surface area contributed by atoms with Gasteiger partial charge < -0.3 is 4.74 Å². The molecule has 170 valence electrons. The van der Waals surface area contributed by atoms with Crippen molar-refractivity contribution in [3.63, 3.8) is 0 Å². The van der Waals surface area contributed by atoms with Crippen molar-refractivity contribution in [3.05, 3.63) is 59.1 Å². The molecule has 2 aromatic rings. The Morgan fingerprint density at radius 3 is 2.31 bits per heavy atom. The molecule has 2 aliphatic heterocycles. The van der Waals surface area contributed by atoms with E-state index in [1.807, 2.05) is 36.4 Å². The van der Waals surface area contributed by atoms with Crippen LogP contribution >= 0.6 is 11.6 Å². The molecule has 2 aromatic carbocycles. The maximum absolute atomic E-state index is 13.1. The molecule has 1 atom stereocenters. The Kier molecular flexibility index (Phi) is 7.45. The van der Waals surface area contributed by atoms with E-state index in [0.29, 0.717) is 12.3 Å². The van der Waals surface area contributed by atoms with E-state index in [4.69, 9.17) is 16.3 Å². The maximum Gasteiger partial charge on any atom is 0.251 e. The number of amides is 2. The van der Waals surface area contributed by atoms with Gasteiger partial charge in [0.2, 0.25) is 5.91 Å². The average Bonchev–Trinajstić information content (AvgIpc) is 3.10. The Morgan fingerprint density at radius 1 is 0.969 bits per heavy atom. The molecule has 0 N–H and O–H groups in total. The molecule has 4 rings (SSSR count). The number of rotatable bonds is 8. The van der Waals surface area contributed by atoms with Gasteiger partial charge >= 0.3 is 0 Å². The van der Waals surface area contributed by atoms with Crippen LogP contribution < -0.4 is 9.64 Å². The van der Waals surface area contributed by atoms with E-state index in [1.54, 1.807) is 12.1 Å². The van der Waals surface area contributed by atoms with Crippen LogP contribution in [0.3, 0.4) is 0 Å². The van der Waals surface area contributed by atoms with Crippen LogP contribution in [0.1, 0.15) is 31.7 Å². The second-order valence-electron chi connectivity index (χ2n) is 8.42. The summed E-state index contributed by atoms with van der Waals surface area (Å²) in [5.74, 6) is 0.499. The van der Waals surface area contributed by atoms with Gasteiger partial charge in [0.15, 0.2) is 0 Å². The summed E-state index contributed by atoms with van der Waals surface area (Å²) in [4.78, 5) is 31.7. The molecule has 2 aliphatic rings. The van der Waals surface area contributed by atoms with Gasteiger partial charge in [0.05, 0.1) is 24.8 Å². The van der Waals surface area contributed by atoms with E-state index < -0.39 is 0 Å². The molecular weight excluding hydrogens is 426 g/mol. The van der Waals surface area contributed by atoms with Gasteiger partial charge in [-0.3, -0.25) is 19.4 Å². The van der Waals surface area contributed by atoms with Crippen LogP contribution in [0.4, 0.5) is 5.69 Å². The Morgan fingerprint density at radius 2 is 1.66 bits per heavy atom. The highest BCUT2D eigenvalue weighted by atomic mass is 35.5. The van der Waals surface area contributed by atoms with Crippen molar-refractivity contribution in [2.75, 3.05) is 37.7 Å². The first kappa shape index (κ1) is 22.8. The molecule has 0 spiro atoms. The standard InChI is InChI=1S/C25H30ClN3O3/c1-2-3-16-32-22-10-8-21(9-11-22)29-24(30)17-23(25(29)31)28-14-12-27(13-15-28)18-19-4-6-20(26)7-5-19/h4-11,23H,2-3,12-18H2,1H3/t23-/m0/s1. The number of unbranched alkanes of at least 4 members (excludes halogenated alkanes) is 1. The third-order valence-corrected chi connectivity index (χ3v) is 6.40. The van der Waals surface area contributed by atoms with Gasteiger partial charge in [0.25, 0.3) is 5.91 Å². The fourth-order valence-electron chi connectivity index (χ4n) is 4.28. The van der Waals surface area contributed by atoms with Crippen LogP contribution in [-0.4, -0.2) is 60.4 Å². The van der Waals surface area contributed by atoms with Crippen molar-refractivity contribution in [1.29, 1.82) is 0 Å². The summed E-state index contributed by atoms with van der Waals surface area (Å²) in [6.07, 6.45) is 2.32. The molecule has 2 fully saturated rings. The number of carbonyl (C=O) groups excluding carboxylic acids is 2. The van der Waals surface area contributed by atoms with E-state index in [9.17, 15) is 9.59 Å². The zero-order chi connectivity index (χ0) is 22.5. The lowest BCUT2D eigenvalue weighted by Gasteiger charge is -2.37. The van der Waals surface area contributed by atoms with E-state index in [1.165, 1.54) is 10.5 Å². The predicted molar refractivity (Wildman–Crippen MR) is 126 cm³/mol. The SMILES string of the molecule is CCCCOc1ccc(N2C(=O)C[C@H](N3CCN(Cc4ccc(Cl)cc4)CC3)C2=O)cc1. The smallest absolute Gasteiger partial charge is 0.251 e. The van der Waals surface area contributed by atoms with Crippen molar-refractivity contribution < 1.29 is 14.3 Å². The monoisotopic (exact) mass is 455 g/mol. The summed E-state index contributed by atoms with van der Waals surface area (Å²) < 4.78 is 5.68. The van der Waals surface area contributed by atoms with E-state index in [2.05, 4.69) is 16.7 Å². The third-order valence-electron chi connectivity index (χ3n) is 6.15. The summed E-state index contributed by atoms with van der Waals surface area (Å²) in [5.41, 5.74) is 1.84. The topological polar surface area (TPSA) is 53.1 Å². The Hall–Kier alpha value is -2.41. The third kappa shape index (κ3) is 5.31. The minimum Gasteiger partial charge on any atom is -0.494 e. The number of ether oxygens (including phenoxy) is 1. The van der Waals surface area contributed by atoms with Crippen LogP contribution in [-0.2, 0) is 16.1 Å². The fourth-order valence-corrected chi connectivity index (χ4v) is 4.41. The molecular formula is C25H30ClN3O3. The van der Waals surface area contributed by atoms with Crippen molar-refractivity contribution >= 4 is 29.1 Å². The first-order valence-electron chi connectivity index (χ1n) is 11.4.